The summed E-state index contributed by atoms with van der Waals surface area (Å²) in [5.41, 5.74) is 1.62. The van der Waals surface area contributed by atoms with Crippen molar-refractivity contribution in [2.75, 3.05) is 11.0 Å². The molecule has 0 spiro atoms. The molecule has 128 valence electrons. The van der Waals surface area contributed by atoms with E-state index in [1.807, 2.05) is 37.3 Å². The summed E-state index contributed by atoms with van der Waals surface area (Å²) in [5.74, 6) is -0.304. The lowest BCUT2D eigenvalue weighted by Crippen LogP contribution is -2.28. The van der Waals surface area contributed by atoms with E-state index in [2.05, 4.69) is 10.0 Å². The van der Waals surface area contributed by atoms with Crippen LogP contribution in [0.1, 0.15) is 35.3 Å². The first-order valence-electron chi connectivity index (χ1n) is 7.43. The Morgan fingerprint density at radius 1 is 1.17 bits per heavy atom. The molecule has 1 unspecified atom stereocenters. The SMILES string of the molecule is CCC(NC(=O)c1ccc(NS(C)(=O)=O)cc1Cl)c1ccccc1. The Labute approximate surface area is 147 Å². The van der Waals surface area contributed by atoms with Crippen LogP contribution in [0.4, 0.5) is 5.69 Å². The van der Waals surface area contributed by atoms with Gasteiger partial charge in [0, 0.05) is 5.69 Å². The molecule has 1 atom stereocenters. The van der Waals surface area contributed by atoms with Crippen molar-refractivity contribution in [3.8, 4) is 0 Å². The molecule has 5 nitrogen and oxygen atoms in total. The minimum atomic E-state index is -3.40. The molecule has 0 radical (unpaired) electrons. The summed E-state index contributed by atoms with van der Waals surface area (Å²) in [6, 6.07) is 14.0. The molecule has 2 aromatic carbocycles. The summed E-state index contributed by atoms with van der Waals surface area (Å²) < 4.78 is 24.8. The van der Waals surface area contributed by atoms with E-state index in [0.29, 0.717) is 11.3 Å². The lowest BCUT2D eigenvalue weighted by Gasteiger charge is -2.18. The first-order chi connectivity index (χ1) is 11.3. The lowest BCUT2D eigenvalue weighted by atomic mass is 10.0. The van der Waals surface area contributed by atoms with Gasteiger partial charge in [-0.05, 0) is 30.2 Å². The number of carbonyl (C=O) groups excluding carboxylic acids is 1. The van der Waals surface area contributed by atoms with Gasteiger partial charge in [0.05, 0.1) is 22.9 Å². The Balaban J connectivity index is 2.17. The normalized spacial score (nSPS) is 12.5. The third-order valence-electron chi connectivity index (χ3n) is 3.43. The number of sulfonamides is 1. The van der Waals surface area contributed by atoms with Gasteiger partial charge in [-0.3, -0.25) is 9.52 Å². The van der Waals surface area contributed by atoms with E-state index in [0.717, 1.165) is 18.2 Å². The quantitative estimate of drug-likeness (QED) is 0.820. The first kappa shape index (κ1) is 18.3. The Hall–Kier alpha value is -2.05. The fourth-order valence-corrected chi connectivity index (χ4v) is 3.14. The zero-order valence-corrected chi connectivity index (χ0v) is 15.0. The second-order valence-corrected chi connectivity index (χ2v) is 7.57. The van der Waals surface area contributed by atoms with E-state index < -0.39 is 10.0 Å². The van der Waals surface area contributed by atoms with Gasteiger partial charge in [0.15, 0.2) is 0 Å². The van der Waals surface area contributed by atoms with Gasteiger partial charge in [0.2, 0.25) is 10.0 Å². The largest absolute Gasteiger partial charge is 0.345 e. The van der Waals surface area contributed by atoms with E-state index >= 15 is 0 Å². The molecule has 7 heteroatoms. The highest BCUT2D eigenvalue weighted by Crippen LogP contribution is 2.23. The van der Waals surface area contributed by atoms with Gasteiger partial charge in [-0.25, -0.2) is 8.42 Å². The van der Waals surface area contributed by atoms with Crippen molar-refractivity contribution >= 4 is 33.2 Å². The number of hydrogen-bond donors (Lipinski definition) is 2. The molecule has 0 saturated carbocycles. The van der Waals surface area contributed by atoms with Gasteiger partial charge >= 0.3 is 0 Å². The fraction of sp³-hybridized carbons (Fsp3) is 0.235. The highest BCUT2D eigenvalue weighted by Gasteiger charge is 2.17. The van der Waals surface area contributed by atoms with Crippen LogP contribution in [0.5, 0.6) is 0 Å². The predicted molar refractivity (Wildman–Crippen MR) is 96.9 cm³/mol. The summed E-state index contributed by atoms with van der Waals surface area (Å²) in [7, 11) is -3.40. The van der Waals surface area contributed by atoms with Gasteiger partial charge in [0.1, 0.15) is 0 Å². The molecule has 0 saturated heterocycles. The van der Waals surface area contributed by atoms with Crippen molar-refractivity contribution < 1.29 is 13.2 Å². The molecule has 0 aliphatic heterocycles. The number of halogens is 1. The number of nitrogens with one attached hydrogen (secondary N) is 2. The van der Waals surface area contributed by atoms with Crippen LogP contribution in [-0.4, -0.2) is 20.6 Å². The molecule has 24 heavy (non-hydrogen) atoms. The standard InChI is InChI=1S/C17H19ClN2O3S/c1-3-16(12-7-5-4-6-8-12)19-17(21)14-10-9-13(11-15(14)18)20-24(2,22)23/h4-11,16,20H,3H2,1-2H3,(H,19,21). The molecule has 0 aliphatic rings. The smallest absolute Gasteiger partial charge is 0.253 e. The average molecular weight is 367 g/mol. The molecule has 2 rings (SSSR count). The maximum atomic E-state index is 12.5. The fourth-order valence-electron chi connectivity index (χ4n) is 2.32. The maximum absolute atomic E-state index is 12.5. The third-order valence-corrected chi connectivity index (χ3v) is 4.35. The second-order valence-electron chi connectivity index (χ2n) is 5.41. The minimum Gasteiger partial charge on any atom is -0.345 e. The average Bonchev–Trinajstić information content (AvgIpc) is 2.51. The van der Waals surface area contributed by atoms with Gasteiger partial charge in [0.25, 0.3) is 5.91 Å². The van der Waals surface area contributed by atoms with Crippen LogP contribution in [0.15, 0.2) is 48.5 Å². The molecule has 0 aliphatic carbocycles. The first-order valence-corrected chi connectivity index (χ1v) is 9.70. The summed E-state index contributed by atoms with van der Waals surface area (Å²) in [6.07, 6.45) is 1.79. The van der Waals surface area contributed by atoms with E-state index in [-0.39, 0.29) is 17.0 Å². The molecule has 2 aromatic rings. The van der Waals surface area contributed by atoms with Crippen molar-refractivity contribution in [1.82, 2.24) is 5.32 Å². The van der Waals surface area contributed by atoms with E-state index in [9.17, 15) is 13.2 Å². The molecular formula is C17H19ClN2O3S. The highest BCUT2D eigenvalue weighted by molar-refractivity contribution is 7.92. The Bertz CT molecular complexity index is 823. The van der Waals surface area contributed by atoms with E-state index in [1.54, 1.807) is 0 Å². The summed E-state index contributed by atoms with van der Waals surface area (Å²) in [4.78, 5) is 12.5. The number of rotatable bonds is 6. The number of carbonyl (C=O) groups is 1. The molecule has 0 bridgehead atoms. The lowest BCUT2D eigenvalue weighted by molar-refractivity contribution is 0.0935. The van der Waals surface area contributed by atoms with Crippen LogP contribution >= 0.6 is 11.6 Å². The molecular weight excluding hydrogens is 348 g/mol. The Morgan fingerprint density at radius 2 is 1.83 bits per heavy atom. The summed E-state index contributed by atoms with van der Waals surface area (Å²) in [6.45, 7) is 1.98. The summed E-state index contributed by atoms with van der Waals surface area (Å²) >= 11 is 6.13. The minimum absolute atomic E-state index is 0.122. The van der Waals surface area contributed by atoms with Crippen LogP contribution < -0.4 is 10.0 Å². The number of anilines is 1. The van der Waals surface area contributed by atoms with Crippen LogP contribution in [-0.2, 0) is 10.0 Å². The van der Waals surface area contributed by atoms with Crippen molar-refractivity contribution in [3.63, 3.8) is 0 Å². The van der Waals surface area contributed by atoms with Crippen molar-refractivity contribution in [2.45, 2.75) is 19.4 Å². The number of hydrogen-bond acceptors (Lipinski definition) is 3. The van der Waals surface area contributed by atoms with Crippen LogP contribution in [0.3, 0.4) is 0 Å². The third kappa shape index (κ3) is 4.97. The Morgan fingerprint density at radius 3 is 2.38 bits per heavy atom. The molecule has 0 fully saturated rings. The number of amides is 1. The van der Waals surface area contributed by atoms with Gasteiger partial charge in [-0.15, -0.1) is 0 Å². The zero-order valence-electron chi connectivity index (χ0n) is 13.4. The second kappa shape index (κ2) is 7.68. The van der Waals surface area contributed by atoms with Gasteiger partial charge in [-0.1, -0.05) is 48.9 Å². The maximum Gasteiger partial charge on any atom is 0.253 e. The topological polar surface area (TPSA) is 75.3 Å². The summed E-state index contributed by atoms with van der Waals surface area (Å²) in [5, 5.41) is 3.13. The van der Waals surface area contributed by atoms with Crippen molar-refractivity contribution in [2.24, 2.45) is 0 Å². The van der Waals surface area contributed by atoms with Crippen LogP contribution in [0.2, 0.25) is 5.02 Å². The van der Waals surface area contributed by atoms with Crippen molar-refractivity contribution in [3.05, 3.63) is 64.7 Å². The molecule has 0 aromatic heterocycles. The molecule has 2 N–H and O–H groups in total. The van der Waals surface area contributed by atoms with Crippen LogP contribution in [0, 0.1) is 0 Å². The zero-order chi connectivity index (χ0) is 17.7. The predicted octanol–water partition coefficient (Wildman–Crippen LogP) is 3.59. The van der Waals surface area contributed by atoms with Crippen LogP contribution in [0.25, 0.3) is 0 Å². The van der Waals surface area contributed by atoms with Gasteiger partial charge < -0.3 is 5.32 Å². The monoisotopic (exact) mass is 366 g/mol. The Kier molecular flexibility index (Phi) is 5.85. The van der Waals surface area contributed by atoms with Gasteiger partial charge in [-0.2, -0.15) is 0 Å². The van der Waals surface area contributed by atoms with E-state index in [1.165, 1.54) is 18.2 Å². The highest BCUT2D eigenvalue weighted by atomic mass is 35.5. The van der Waals surface area contributed by atoms with E-state index in [4.69, 9.17) is 11.6 Å². The molecule has 1 amide bonds. The number of benzene rings is 2. The van der Waals surface area contributed by atoms with Crippen molar-refractivity contribution in [1.29, 1.82) is 0 Å². The molecule has 0 heterocycles.